The van der Waals surface area contributed by atoms with E-state index in [1.54, 1.807) is 13.0 Å². The molecule has 1 amide bonds. The molecule has 138 valence electrons. The number of hydrogen-bond donors (Lipinski definition) is 2. The van der Waals surface area contributed by atoms with Crippen LogP contribution in [0.3, 0.4) is 0 Å². The summed E-state index contributed by atoms with van der Waals surface area (Å²) in [6.45, 7) is 4.34. The van der Waals surface area contributed by atoms with E-state index < -0.39 is 9.84 Å². The van der Waals surface area contributed by atoms with Crippen molar-refractivity contribution in [2.75, 3.05) is 16.8 Å². The van der Waals surface area contributed by atoms with Crippen LogP contribution < -0.4 is 10.6 Å². The minimum Gasteiger partial charge on any atom is -0.366 e. The van der Waals surface area contributed by atoms with Crippen LogP contribution in [0.25, 0.3) is 0 Å². The van der Waals surface area contributed by atoms with Crippen molar-refractivity contribution in [2.24, 2.45) is 0 Å². The molecule has 1 aromatic carbocycles. The largest absolute Gasteiger partial charge is 0.366 e. The fourth-order valence-electron chi connectivity index (χ4n) is 2.94. The van der Waals surface area contributed by atoms with Crippen molar-refractivity contribution in [3.8, 4) is 0 Å². The van der Waals surface area contributed by atoms with E-state index in [-0.39, 0.29) is 29.1 Å². The topological polar surface area (TPSA) is 101 Å². The average Bonchev–Trinajstić information content (AvgIpc) is 2.92. The molecule has 26 heavy (non-hydrogen) atoms. The zero-order valence-electron chi connectivity index (χ0n) is 14.8. The van der Waals surface area contributed by atoms with Gasteiger partial charge in [-0.1, -0.05) is 24.3 Å². The van der Waals surface area contributed by atoms with Gasteiger partial charge in [0.15, 0.2) is 9.84 Å². The Morgan fingerprint density at radius 1 is 1.23 bits per heavy atom. The summed E-state index contributed by atoms with van der Waals surface area (Å²) in [7, 11) is -3.04. The number of anilines is 1. The smallest absolute Gasteiger partial charge is 0.270 e. The highest BCUT2D eigenvalue weighted by molar-refractivity contribution is 7.91. The number of aromatic nitrogens is 2. The Kier molecular flexibility index (Phi) is 5.22. The van der Waals surface area contributed by atoms with E-state index in [0.29, 0.717) is 24.6 Å². The maximum Gasteiger partial charge on any atom is 0.270 e. The Labute approximate surface area is 153 Å². The number of carbonyl (C=O) groups excluding carboxylic acids is 1. The molecule has 1 atom stereocenters. The highest BCUT2D eigenvalue weighted by atomic mass is 32.2. The summed E-state index contributed by atoms with van der Waals surface area (Å²) in [6, 6.07) is 9.26. The van der Waals surface area contributed by atoms with Crippen molar-refractivity contribution in [2.45, 2.75) is 32.9 Å². The maximum atomic E-state index is 12.4. The first-order valence-electron chi connectivity index (χ1n) is 8.48. The van der Waals surface area contributed by atoms with Crippen molar-refractivity contribution in [3.63, 3.8) is 0 Å². The molecule has 1 unspecified atom stereocenters. The number of benzene rings is 1. The second kappa shape index (κ2) is 7.41. The van der Waals surface area contributed by atoms with Gasteiger partial charge in [-0.25, -0.2) is 18.4 Å². The van der Waals surface area contributed by atoms with E-state index in [2.05, 4.69) is 20.6 Å². The molecule has 2 aromatic rings. The van der Waals surface area contributed by atoms with Crippen LogP contribution in [0.2, 0.25) is 0 Å². The lowest BCUT2D eigenvalue weighted by atomic mass is 10.1. The van der Waals surface area contributed by atoms with Gasteiger partial charge in [-0.3, -0.25) is 4.79 Å². The zero-order valence-corrected chi connectivity index (χ0v) is 15.6. The van der Waals surface area contributed by atoms with Crippen LogP contribution >= 0.6 is 0 Å². The highest BCUT2D eigenvalue weighted by Gasteiger charge is 2.29. The first kappa shape index (κ1) is 18.3. The van der Waals surface area contributed by atoms with Crippen molar-refractivity contribution in [1.82, 2.24) is 15.3 Å². The second-order valence-electron chi connectivity index (χ2n) is 6.54. The molecule has 1 aliphatic rings. The van der Waals surface area contributed by atoms with Gasteiger partial charge in [0, 0.05) is 18.7 Å². The first-order valence-corrected chi connectivity index (χ1v) is 10.3. The van der Waals surface area contributed by atoms with Gasteiger partial charge in [0.05, 0.1) is 11.5 Å². The van der Waals surface area contributed by atoms with Crippen LogP contribution in [0.1, 0.15) is 33.9 Å². The van der Waals surface area contributed by atoms with Crippen molar-refractivity contribution in [1.29, 1.82) is 0 Å². The summed E-state index contributed by atoms with van der Waals surface area (Å²) in [5, 5.41) is 5.97. The predicted octanol–water partition coefficient (Wildman–Crippen LogP) is 1.62. The van der Waals surface area contributed by atoms with E-state index >= 15 is 0 Å². The number of sulfone groups is 1. The minimum atomic E-state index is -3.04. The van der Waals surface area contributed by atoms with Gasteiger partial charge in [-0.05, 0) is 31.4 Å². The van der Waals surface area contributed by atoms with Crippen molar-refractivity contribution >= 4 is 21.6 Å². The molecule has 1 aliphatic heterocycles. The first-order chi connectivity index (χ1) is 12.3. The zero-order chi connectivity index (χ0) is 18.7. The standard InChI is InChI=1S/C18H22N4O3S/c1-12-5-3-4-6-14(12)10-19-17-9-16(20-13(2)21-17)18(23)22-15-7-8-26(24,25)11-15/h3-6,9,15H,7-8,10-11H2,1-2H3,(H,22,23)(H,19,20,21). The maximum absolute atomic E-state index is 12.4. The van der Waals surface area contributed by atoms with E-state index in [1.165, 1.54) is 5.56 Å². The molecular weight excluding hydrogens is 352 g/mol. The summed E-state index contributed by atoms with van der Waals surface area (Å²) in [4.78, 5) is 20.9. The quantitative estimate of drug-likeness (QED) is 0.825. The van der Waals surface area contributed by atoms with Crippen LogP contribution in [0.5, 0.6) is 0 Å². The normalized spacial score (nSPS) is 18.5. The number of amides is 1. The van der Waals surface area contributed by atoms with Gasteiger partial charge in [-0.2, -0.15) is 0 Å². The lowest BCUT2D eigenvalue weighted by Gasteiger charge is -2.12. The van der Waals surface area contributed by atoms with E-state index in [4.69, 9.17) is 0 Å². The molecule has 1 fully saturated rings. The summed E-state index contributed by atoms with van der Waals surface area (Å²) >= 11 is 0. The number of rotatable bonds is 5. The van der Waals surface area contributed by atoms with Crippen molar-refractivity contribution < 1.29 is 13.2 Å². The molecule has 0 spiro atoms. The predicted molar refractivity (Wildman–Crippen MR) is 99.8 cm³/mol. The Morgan fingerprint density at radius 3 is 2.69 bits per heavy atom. The van der Waals surface area contributed by atoms with Crippen LogP contribution in [-0.4, -0.2) is 41.8 Å². The molecule has 2 heterocycles. The summed E-state index contributed by atoms with van der Waals surface area (Å²) < 4.78 is 23.1. The van der Waals surface area contributed by atoms with Gasteiger partial charge < -0.3 is 10.6 Å². The number of nitrogens with one attached hydrogen (secondary N) is 2. The molecule has 1 saturated heterocycles. The number of nitrogens with zero attached hydrogens (tertiary/aromatic N) is 2. The lowest BCUT2D eigenvalue weighted by molar-refractivity contribution is 0.0935. The Balaban J connectivity index is 1.69. The van der Waals surface area contributed by atoms with Crippen LogP contribution in [0.15, 0.2) is 30.3 Å². The van der Waals surface area contributed by atoms with Crippen LogP contribution in [0, 0.1) is 13.8 Å². The Hall–Kier alpha value is -2.48. The SMILES string of the molecule is Cc1nc(NCc2ccccc2C)cc(C(=O)NC2CCS(=O)(=O)C2)n1. The third-order valence-electron chi connectivity index (χ3n) is 4.36. The van der Waals surface area contributed by atoms with Crippen molar-refractivity contribution in [3.05, 3.63) is 53.0 Å². The average molecular weight is 374 g/mol. The van der Waals surface area contributed by atoms with E-state index in [1.807, 2.05) is 31.2 Å². The van der Waals surface area contributed by atoms with Crippen LogP contribution in [0.4, 0.5) is 5.82 Å². The summed E-state index contributed by atoms with van der Waals surface area (Å²) in [6.07, 6.45) is 0.441. The second-order valence-corrected chi connectivity index (χ2v) is 8.77. The number of hydrogen-bond acceptors (Lipinski definition) is 6. The number of aryl methyl sites for hydroxylation is 2. The molecule has 0 saturated carbocycles. The molecular formula is C18H22N4O3S. The monoisotopic (exact) mass is 374 g/mol. The fourth-order valence-corrected chi connectivity index (χ4v) is 4.61. The summed E-state index contributed by atoms with van der Waals surface area (Å²) in [5.41, 5.74) is 2.55. The number of carbonyl (C=O) groups is 1. The molecule has 7 nitrogen and oxygen atoms in total. The third kappa shape index (κ3) is 4.57. The van der Waals surface area contributed by atoms with Gasteiger partial charge in [0.1, 0.15) is 17.3 Å². The molecule has 1 aromatic heterocycles. The Morgan fingerprint density at radius 2 is 2.00 bits per heavy atom. The highest BCUT2D eigenvalue weighted by Crippen LogP contribution is 2.14. The molecule has 8 heteroatoms. The fraction of sp³-hybridized carbons (Fsp3) is 0.389. The minimum absolute atomic E-state index is 0.0127. The van der Waals surface area contributed by atoms with E-state index in [0.717, 1.165) is 5.56 Å². The molecule has 0 aliphatic carbocycles. The molecule has 0 radical (unpaired) electrons. The molecule has 0 bridgehead atoms. The van der Waals surface area contributed by atoms with E-state index in [9.17, 15) is 13.2 Å². The third-order valence-corrected chi connectivity index (χ3v) is 6.13. The lowest BCUT2D eigenvalue weighted by Crippen LogP contribution is -2.36. The molecule has 3 rings (SSSR count). The molecule has 2 N–H and O–H groups in total. The van der Waals surface area contributed by atoms with Gasteiger partial charge in [0.25, 0.3) is 5.91 Å². The summed E-state index contributed by atoms with van der Waals surface area (Å²) in [5.74, 6) is 0.760. The van der Waals surface area contributed by atoms with Gasteiger partial charge in [-0.15, -0.1) is 0 Å². The van der Waals surface area contributed by atoms with Gasteiger partial charge >= 0.3 is 0 Å². The van der Waals surface area contributed by atoms with Crippen LogP contribution in [-0.2, 0) is 16.4 Å². The Bertz CT molecular complexity index is 928. The van der Waals surface area contributed by atoms with Gasteiger partial charge in [0.2, 0.25) is 0 Å².